The molecule has 0 heteroatoms. The molecule has 0 radical (unpaired) electrons. The fraction of sp³-hybridized carbons (Fsp3) is 1.00. The Hall–Kier alpha value is 0. The van der Waals surface area contributed by atoms with E-state index in [2.05, 4.69) is 6.92 Å². The van der Waals surface area contributed by atoms with Crippen molar-refractivity contribution in [1.82, 2.24) is 0 Å². The van der Waals surface area contributed by atoms with Crippen LogP contribution < -0.4 is 0 Å². The summed E-state index contributed by atoms with van der Waals surface area (Å²) < 4.78 is 0. The van der Waals surface area contributed by atoms with E-state index in [0.717, 1.165) is 5.92 Å². The van der Waals surface area contributed by atoms with Crippen molar-refractivity contribution in [2.24, 2.45) is 65.1 Å². The fourth-order valence-corrected chi connectivity index (χ4v) is 7.92. The predicted molar refractivity (Wildman–Crippen MR) is 48.7 cm³/mol. The van der Waals surface area contributed by atoms with Gasteiger partial charge in [0.1, 0.15) is 0 Å². The van der Waals surface area contributed by atoms with Crippen molar-refractivity contribution in [2.75, 3.05) is 0 Å². The molecule has 7 aliphatic rings. The van der Waals surface area contributed by atoms with E-state index in [-0.39, 0.29) is 0 Å². The van der Waals surface area contributed by atoms with E-state index >= 15 is 0 Å². The molecular formula is C13H16. The Morgan fingerprint density at radius 2 is 1.08 bits per heavy atom. The average Bonchev–Trinajstić information content (AvgIpc) is 1.90. The third-order valence-corrected chi connectivity index (χ3v) is 7.74. The van der Waals surface area contributed by atoms with Crippen LogP contribution in [0.3, 0.4) is 0 Å². The van der Waals surface area contributed by atoms with Gasteiger partial charge in [-0.1, -0.05) is 6.92 Å². The molecule has 0 amide bonds. The van der Waals surface area contributed by atoms with Crippen LogP contribution in [-0.2, 0) is 0 Å². The molecule has 7 unspecified atom stereocenters. The maximum absolute atomic E-state index is 2.60. The summed E-state index contributed by atoms with van der Waals surface area (Å²) in [5.41, 5.74) is 0. The molecule has 0 aromatic heterocycles. The average molecular weight is 172 g/mol. The predicted octanol–water partition coefficient (Wildman–Crippen LogP) is 2.26. The monoisotopic (exact) mass is 172 g/mol. The molecule has 0 heterocycles. The van der Waals surface area contributed by atoms with Gasteiger partial charge in [-0.05, 0) is 71.5 Å². The summed E-state index contributed by atoms with van der Waals surface area (Å²) in [6.45, 7) is 2.60. The molecule has 11 atom stereocenters. The van der Waals surface area contributed by atoms with E-state index in [1.807, 2.05) is 0 Å². The van der Waals surface area contributed by atoms with Gasteiger partial charge in [0.2, 0.25) is 0 Å². The normalized spacial score (nSPS) is 93.5. The first-order valence-electron chi connectivity index (χ1n) is 6.39. The lowest BCUT2D eigenvalue weighted by Gasteiger charge is -2.94. The highest BCUT2D eigenvalue weighted by molar-refractivity contribution is 5.35. The summed E-state index contributed by atoms with van der Waals surface area (Å²) in [4.78, 5) is 0. The van der Waals surface area contributed by atoms with Crippen molar-refractivity contribution in [3.63, 3.8) is 0 Å². The van der Waals surface area contributed by atoms with E-state index in [4.69, 9.17) is 0 Å². The minimum atomic E-state index is 1.16. The second kappa shape index (κ2) is 1.26. The SMILES string of the molecule is CC1C2C3C[C@@H]4C5C6C(C5[C@H]14)[C@@H]2[C@@H]36. The van der Waals surface area contributed by atoms with E-state index in [0.29, 0.717) is 0 Å². The van der Waals surface area contributed by atoms with Crippen molar-refractivity contribution < 1.29 is 0 Å². The van der Waals surface area contributed by atoms with Crippen LogP contribution in [0.25, 0.3) is 0 Å². The summed E-state index contributed by atoms with van der Waals surface area (Å²) in [7, 11) is 0. The molecule has 0 saturated heterocycles. The van der Waals surface area contributed by atoms with Crippen LogP contribution in [0.2, 0.25) is 0 Å². The Bertz CT molecular complexity index is 282. The topological polar surface area (TPSA) is 0 Å². The maximum atomic E-state index is 2.60. The molecule has 7 saturated carbocycles. The lowest BCUT2D eigenvalue weighted by Crippen LogP contribution is -2.90. The third-order valence-electron chi connectivity index (χ3n) is 7.74. The van der Waals surface area contributed by atoms with Crippen LogP contribution in [-0.4, -0.2) is 0 Å². The van der Waals surface area contributed by atoms with E-state index < -0.39 is 0 Å². The summed E-state index contributed by atoms with van der Waals surface area (Å²) >= 11 is 0. The number of rotatable bonds is 0. The molecule has 4 bridgehead atoms. The van der Waals surface area contributed by atoms with Crippen molar-refractivity contribution >= 4 is 0 Å². The molecular weight excluding hydrogens is 156 g/mol. The standard InChI is InChI=1S/C13H16/c1-3-6-4-2-5-7(3)11-9(5)12-8(4)10(6)13(11)12/h3-13H,2H2,1H3/t3?,4-,5?,6+,7?,8?,9+,10?,11-,12?,13?/m0/s1. The van der Waals surface area contributed by atoms with Crippen molar-refractivity contribution in [3.8, 4) is 0 Å². The van der Waals surface area contributed by atoms with Gasteiger partial charge in [0.25, 0.3) is 0 Å². The molecule has 13 heavy (non-hydrogen) atoms. The largest absolute Gasteiger partial charge is 0.0619 e. The Labute approximate surface area is 79.1 Å². The van der Waals surface area contributed by atoms with Gasteiger partial charge < -0.3 is 0 Å². The second-order valence-corrected chi connectivity index (χ2v) is 7.04. The smallest absolute Gasteiger partial charge is 0.0312 e. The zero-order valence-corrected chi connectivity index (χ0v) is 8.06. The molecule has 0 nitrogen and oxygen atoms in total. The van der Waals surface area contributed by atoms with Crippen molar-refractivity contribution in [3.05, 3.63) is 0 Å². The molecule has 7 aliphatic carbocycles. The lowest BCUT2D eigenvalue weighted by atomic mass is 9.11. The van der Waals surface area contributed by atoms with Crippen LogP contribution in [0.4, 0.5) is 0 Å². The Morgan fingerprint density at radius 3 is 1.69 bits per heavy atom. The molecule has 0 spiro atoms. The Kier molecular flexibility index (Phi) is 0.558. The van der Waals surface area contributed by atoms with Gasteiger partial charge in [0.05, 0.1) is 0 Å². The molecule has 68 valence electrons. The minimum absolute atomic E-state index is 1.16. The van der Waals surface area contributed by atoms with Crippen LogP contribution in [0.1, 0.15) is 13.3 Å². The van der Waals surface area contributed by atoms with Crippen LogP contribution in [0.15, 0.2) is 0 Å². The van der Waals surface area contributed by atoms with Crippen LogP contribution in [0.5, 0.6) is 0 Å². The first kappa shape index (κ1) is 5.78. The first-order chi connectivity index (χ1) is 6.39. The quantitative estimate of drug-likeness (QED) is 0.526. The fourth-order valence-electron chi connectivity index (χ4n) is 7.92. The molecule has 0 aromatic rings. The lowest BCUT2D eigenvalue weighted by molar-refractivity contribution is -0.467. The Morgan fingerprint density at radius 1 is 0.615 bits per heavy atom. The zero-order chi connectivity index (χ0) is 8.06. The summed E-state index contributed by atoms with van der Waals surface area (Å²) in [6, 6.07) is 0. The van der Waals surface area contributed by atoms with Gasteiger partial charge >= 0.3 is 0 Å². The maximum Gasteiger partial charge on any atom is -0.0312 e. The highest BCUT2D eigenvalue weighted by atomic mass is 14.9. The second-order valence-electron chi connectivity index (χ2n) is 7.04. The van der Waals surface area contributed by atoms with Crippen molar-refractivity contribution in [1.29, 1.82) is 0 Å². The summed E-state index contributed by atoms with van der Waals surface area (Å²) in [6.07, 6.45) is 1.69. The van der Waals surface area contributed by atoms with Gasteiger partial charge in [0.15, 0.2) is 0 Å². The van der Waals surface area contributed by atoms with Crippen LogP contribution in [0, 0.1) is 65.1 Å². The van der Waals surface area contributed by atoms with Gasteiger partial charge in [0, 0.05) is 0 Å². The van der Waals surface area contributed by atoms with Crippen LogP contribution >= 0.6 is 0 Å². The highest BCUT2D eigenvalue weighted by Gasteiger charge is 2.88. The number of hydrogen-bond acceptors (Lipinski definition) is 0. The van der Waals surface area contributed by atoms with E-state index in [9.17, 15) is 0 Å². The van der Waals surface area contributed by atoms with Crippen molar-refractivity contribution in [2.45, 2.75) is 13.3 Å². The number of hydrogen-bond donors (Lipinski definition) is 0. The zero-order valence-electron chi connectivity index (χ0n) is 8.06. The van der Waals surface area contributed by atoms with Gasteiger partial charge in [-0.3, -0.25) is 0 Å². The third kappa shape index (κ3) is 0.293. The Balaban J connectivity index is 1.68. The summed E-state index contributed by atoms with van der Waals surface area (Å²) in [5.74, 6) is 13.9. The minimum Gasteiger partial charge on any atom is -0.0619 e. The highest BCUT2D eigenvalue weighted by Crippen LogP contribution is 2.92. The first-order valence-corrected chi connectivity index (χ1v) is 6.39. The van der Waals surface area contributed by atoms with Gasteiger partial charge in [-0.15, -0.1) is 0 Å². The molecule has 0 aromatic carbocycles. The van der Waals surface area contributed by atoms with Gasteiger partial charge in [-0.2, -0.15) is 0 Å². The van der Waals surface area contributed by atoms with Gasteiger partial charge in [-0.25, -0.2) is 0 Å². The molecule has 7 fully saturated rings. The van der Waals surface area contributed by atoms with E-state index in [1.54, 1.807) is 6.42 Å². The summed E-state index contributed by atoms with van der Waals surface area (Å²) in [5, 5.41) is 0. The van der Waals surface area contributed by atoms with E-state index in [1.165, 1.54) is 59.2 Å². The molecule has 0 aliphatic heterocycles. The molecule has 7 rings (SSSR count). The molecule has 0 N–H and O–H groups in total.